The second kappa shape index (κ2) is 6.09. The van der Waals surface area contributed by atoms with Gasteiger partial charge in [-0.2, -0.15) is 0 Å². The molecule has 0 saturated heterocycles. The van der Waals surface area contributed by atoms with Gasteiger partial charge in [-0.1, -0.05) is 11.6 Å². The number of carbonyl (C=O) groups is 1. The van der Waals surface area contributed by atoms with Crippen molar-refractivity contribution in [1.29, 1.82) is 0 Å². The van der Waals surface area contributed by atoms with Crippen LogP contribution in [-0.2, 0) is 4.79 Å². The standard InChI is InChI=1S/C13H17BrClFN2O/c1-7(12(19)18-13(2,3)4)17-11-9(14)5-8(16)6-10(11)15/h5-7,17H,1-4H3,(H,18,19). The molecule has 106 valence electrons. The smallest absolute Gasteiger partial charge is 0.242 e. The summed E-state index contributed by atoms with van der Waals surface area (Å²) >= 11 is 9.17. The van der Waals surface area contributed by atoms with Gasteiger partial charge in [-0.3, -0.25) is 4.79 Å². The van der Waals surface area contributed by atoms with Gasteiger partial charge >= 0.3 is 0 Å². The zero-order valence-electron chi connectivity index (χ0n) is 11.3. The predicted molar refractivity (Wildman–Crippen MR) is 80.1 cm³/mol. The van der Waals surface area contributed by atoms with Crippen LogP contribution in [0.3, 0.4) is 0 Å². The van der Waals surface area contributed by atoms with Gasteiger partial charge in [0, 0.05) is 10.0 Å². The van der Waals surface area contributed by atoms with E-state index in [-0.39, 0.29) is 16.5 Å². The van der Waals surface area contributed by atoms with Gasteiger partial charge in [0.1, 0.15) is 11.9 Å². The summed E-state index contributed by atoms with van der Waals surface area (Å²) in [7, 11) is 0. The molecule has 3 nitrogen and oxygen atoms in total. The highest BCUT2D eigenvalue weighted by molar-refractivity contribution is 9.10. The molecule has 0 aliphatic rings. The van der Waals surface area contributed by atoms with Gasteiger partial charge in [-0.25, -0.2) is 4.39 Å². The molecule has 0 aliphatic carbocycles. The molecule has 0 aliphatic heterocycles. The average molecular weight is 352 g/mol. The summed E-state index contributed by atoms with van der Waals surface area (Å²) in [6.45, 7) is 7.42. The summed E-state index contributed by atoms with van der Waals surface area (Å²) in [6, 6.07) is 2.00. The molecule has 0 radical (unpaired) electrons. The van der Waals surface area contributed by atoms with Crippen molar-refractivity contribution in [3.63, 3.8) is 0 Å². The number of nitrogens with one attached hydrogen (secondary N) is 2. The summed E-state index contributed by atoms with van der Waals surface area (Å²) in [5, 5.41) is 6.05. The van der Waals surface area contributed by atoms with E-state index in [2.05, 4.69) is 26.6 Å². The Morgan fingerprint density at radius 2 is 2.00 bits per heavy atom. The fourth-order valence-electron chi connectivity index (χ4n) is 1.44. The molecule has 6 heteroatoms. The molecule has 1 atom stereocenters. The number of halogens is 3. The highest BCUT2D eigenvalue weighted by atomic mass is 79.9. The third kappa shape index (κ3) is 4.99. The van der Waals surface area contributed by atoms with Crippen molar-refractivity contribution >= 4 is 39.1 Å². The summed E-state index contributed by atoms with van der Waals surface area (Å²) in [5.41, 5.74) is 0.191. The summed E-state index contributed by atoms with van der Waals surface area (Å²) in [6.07, 6.45) is 0. The molecule has 0 heterocycles. The Labute approximate surface area is 126 Å². The SMILES string of the molecule is CC(Nc1c(Cl)cc(F)cc1Br)C(=O)NC(C)(C)C. The Hall–Kier alpha value is -0.810. The first kappa shape index (κ1) is 16.2. The first-order chi connectivity index (χ1) is 8.60. The van der Waals surface area contributed by atoms with Gasteiger partial charge < -0.3 is 10.6 Å². The Bertz CT molecular complexity index is 465. The van der Waals surface area contributed by atoms with Crippen molar-refractivity contribution < 1.29 is 9.18 Å². The van der Waals surface area contributed by atoms with E-state index in [9.17, 15) is 9.18 Å². The quantitative estimate of drug-likeness (QED) is 0.865. The van der Waals surface area contributed by atoms with E-state index in [1.165, 1.54) is 12.1 Å². The molecule has 1 amide bonds. The lowest BCUT2D eigenvalue weighted by molar-refractivity contribution is -0.122. The van der Waals surface area contributed by atoms with Crippen molar-refractivity contribution in [1.82, 2.24) is 5.32 Å². The lowest BCUT2D eigenvalue weighted by atomic mass is 10.1. The topological polar surface area (TPSA) is 41.1 Å². The largest absolute Gasteiger partial charge is 0.372 e. The Morgan fingerprint density at radius 3 is 2.47 bits per heavy atom. The molecule has 1 aromatic carbocycles. The van der Waals surface area contributed by atoms with Crippen LogP contribution in [0.15, 0.2) is 16.6 Å². The van der Waals surface area contributed by atoms with Gasteiger partial charge in [-0.15, -0.1) is 0 Å². The van der Waals surface area contributed by atoms with Crippen molar-refractivity contribution in [2.75, 3.05) is 5.32 Å². The minimum Gasteiger partial charge on any atom is -0.372 e. The van der Waals surface area contributed by atoms with Gasteiger partial charge in [0.05, 0.1) is 10.7 Å². The van der Waals surface area contributed by atoms with E-state index < -0.39 is 11.9 Å². The molecule has 19 heavy (non-hydrogen) atoms. The Kier molecular flexibility index (Phi) is 5.21. The predicted octanol–water partition coefficient (Wildman–Crippen LogP) is 3.96. The number of carbonyl (C=O) groups excluding carboxylic acids is 1. The van der Waals surface area contributed by atoms with Gasteiger partial charge in [-0.05, 0) is 55.8 Å². The van der Waals surface area contributed by atoms with Crippen molar-refractivity contribution in [2.24, 2.45) is 0 Å². The molecule has 0 bridgehead atoms. The lowest BCUT2D eigenvalue weighted by Gasteiger charge is -2.24. The maximum Gasteiger partial charge on any atom is 0.242 e. The summed E-state index contributed by atoms with van der Waals surface area (Å²) < 4.78 is 13.6. The number of rotatable bonds is 3. The van der Waals surface area contributed by atoms with Crippen LogP contribution < -0.4 is 10.6 Å². The molecular formula is C13H17BrClFN2O. The first-order valence-electron chi connectivity index (χ1n) is 5.83. The molecule has 2 N–H and O–H groups in total. The van der Waals surface area contributed by atoms with Crippen LogP contribution in [0.4, 0.5) is 10.1 Å². The minimum atomic E-state index is -0.488. The lowest BCUT2D eigenvalue weighted by Crippen LogP contribution is -2.47. The van der Waals surface area contributed by atoms with Crippen LogP contribution in [0.1, 0.15) is 27.7 Å². The number of hydrogen-bond acceptors (Lipinski definition) is 2. The van der Waals surface area contributed by atoms with Crippen LogP contribution in [0.5, 0.6) is 0 Å². The number of benzene rings is 1. The third-order valence-electron chi connectivity index (χ3n) is 2.26. The molecule has 0 spiro atoms. The van der Waals surface area contributed by atoms with Crippen LogP contribution in [0, 0.1) is 5.82 Å². The molecule has 0 saturated carbocycles. The first-order valence-corrected chi connectivity index (χ1v) is 7.00. The minimum absolute atomic E-state index is 0.153. The van der Waals surface area contributed by atoms with Gasteiger partial charge in [0.25, 0.3) is 0 Å². The van der Waals surface area contributed by atoms with Gasteiger partial charge in [0.2, 0.25) is 5.91 Å². The number of anilines is 1. The van der Waals surface area contributed by atoms with E-state index in [1.807, 2.05) is 20.8 Å². The van der Waals surface area contributed by atoms with E-state index in [1.54, 1.807) is 6.92 Å². The van der Waals surface area contributed by atoms with Crippen LogP contribution >= 0.6 is 27.5 Å². The highest BCUT2D eigenvalue weighted by Gasteiger charge is 2.20. The fourth-order valence-corrected chi connectivity index (χ4v) is 2.36. The molecule has 0 fully saturated rings. The second-order valence-corrected chi connectivity index (χ2v) is 6.61. The van der Waals surface area contributed by atoms with E-state index in [0.717, 1.165) is 0 Å². The average Bonchev–Trinajstić information content (AvgIpc) is 2.20. The second-order valence-electron chi connectivity index (χ2n) is 5.35. The zero-order valence-corrected chi connectivity index (χ0v) is 13.6. The van der Waals surface area contributed by atoms with Crippen molar-refractivity contribution in [3.05, 3.63) is 27.4 Å². The van der Waals surface area contributed by atoms with E-state index >= 15 is 0 Å². The monoisotopic (exact) mass is 350 g/mol. The number of amides is 1. The summed E-state index contributed by atoms with van der Waals surface area (Å²) in [5.74, 6) is -0.589. The van der Waals surface area contributed by atoms with Crippen molar-refractivity contribution in [2.45, 2.75) is 39.3 Å². The van der Waals surface area contributed by atoms with Crippen molar-refractivity contribution in [3.8, 4) is 0 Å². The van der Waals surface area contributed by atoms with Crippen LogP contribution in [0.25, 0.3) is 0 Å². The Balaban J connectivity index is 2.83. The van der Waals surface area contributed by atoms with E-state index in [4.69, 9.17) is 11.6 Å². The molecule has 1 unspecified atom stereocenters. The maximum atomic E-state index is 13.1. The Morgan fingerprint density at radius 1 is 1.42 bits per heavy atom. The van der Waals surface area contributed by atoms with Crippen LogP contribution in [-0.4, -0.2) is 17.5 Å². The maximum absolute atomic E-state index is 13.1. The van der Waals surface area contributed by atoms with Gasteiger partial charge in [0.15, 0.2) is 0 Å². The molecule has 1 aromatic rings. The third-order valence-corrected chi connectivity index (χ3v) is 3.18. The highest BCUT2D eigenvalue weighted by Crippen LogP contribution is 2.32. The van der Waals surface area contributed by atoms with Crippen LogP contribution in [0.2, 0.25) is 5.02 Å². The zero-order chi connectivity index (χ0) is 14.8. The fraction of sp³-hybridized carbons (Fsp3) is 0.462. The number of hydrogen-bond donors (Lipinski definition) is 2. The summed E-state index contributed by atoms with van der Waals surface area (Å²) in [4.78, 5) is 11.9. The molecule has 1 rings (SSSR count). The van der Waals surface area contributed by atoms with E-state index in [0.29, 0.717) is 10.2 Å². The molecular weight excluding hydrogens is 335 g/mol. The molecule has 0 aromatic heterocycles. The normalized spacial score (nSPS) is 13.0.